The van der Waals surface area contributed by atoms with E-state index in [9.17, 15) is 13.2 Å². The van der Waals surface area contributed by atoms with Crippen molar-refractivity contribution in [3.8, 4) is 11.4 Å². The molecule has 1 aromatic heterocycles. The van der Waals surface area contributed by atoms with E-state index in [1.807, 2.05) is 31.2 Å². The second-order valence-electron chi connectivity index (χ2n) is 6.86. The summed E-state index contributed by atoms with van der Waals surface area (Å²) in [5.74, 6) is 0.383. The Morgan fingerprint density at radius 1 is 1.07 bits per heavy atom. The number of carbonyl (C=O) groups excluding carboxylic acids is 1. The van der Waals surface area contributed by atoms with Gasteiger partial charge in [-0.15, -0.1) is 0 Å². The molecule has 8 nitrogen and oxygen atoms in total. The Bertz CT molecular complexity index is 1140. The van der Waals surface area contributed by atoms with E-state index in [1.165, 1.54) is 31.1 Å². The largest absolute Gasteiger partial charge is 0.337 e. The number of aromatic nitrogens is 2. The molecule has 2 aromatic carbocycles. The van der Waals surface area contributed by atoms with Crippen molar-refractivity contribution in [1.29, 1.82) is 0 Å². The summed E-state index contributed by atoms with van der Waals surface area (Å²) in [6, 6.07) is 13.6. The van der Waals surface area contributed by atoms with E-state index in [0.717, 1.165) is 15.4 Å². The fourth-order valence-electron chi connectivity index (χ4n) is 2.72. The van der Waals surface area contributed by atoms with Crippen molar-refractivity contribution in [1.82, 2.24) is 19.3 Å². The zero-order valence-corrected chi connectivity index (χ0v) is 17.5. The van der Waals surface area contributed by atoms with Gasteiger partial charge < -0.3 is 9.42 Å². The van der Waals surface area contributed by atoms with Gasteiger partial charge in [0.25, 0.3) is 5.91 Å². The van der Waals surface area contributed by atoms with Crippen molar-refractivity contribution < 1.29 is 17.7 Å². The van der Waals surface area contributed by atoms with Gasteiger partial charge in [-0.25, -0.2) is 12.7 Å². The Hall–Kier alpha value is -3.04. The first-order valence-electron chi connectivity index (χ1n) is 8.86. The molecule has 0 unspecified atom stereocenters. The first kappa shape index (κ1) is 20.7. The molecule has 0 radical (unpaired) electrons. The summed E-state index contributed by atoms with van der Waals surface area (Å²) in [5.41, 5.74) is 2.16. The van der Waals surface area contributed by atoms with Gasteiger partial charge in [-0.1, -0.05) is 35.0 Å². The third-order valence-electron chi connectivity index (χ3n) is 4.32. The summed E-state index contributed by atoms with van der Waals surface area (Å²) in [5, 5.41) is 3.97. The van der Waals surface area contributed by atoms with Crippen LogP contribution in [0.5, 0.6) is 0 Å². The monoisotopic (exact) mass is 414 g/mol. The van der Waals surface area contributed by atoms with Crippen LogP contribution in [0, 0.1) is 6.92 Å². The zero-order valence-electron chi connectivity index (χ0n) is 16.7. The zero-order chi connectivity index (χ0) is 21.2. The fourth-order valence-corrected chi connectivity index (χ4v) is 3.66. The van der Waals surface area contributed by atoms with Crippen LogP contribution in [0.3, 0.4) is 0 Å². The lowest BCUT2D eigenvalue weighted by atomic mass is 10.1. The molecule has 1 amide bonds. The third kappa shape index (κ3) is 4.52. The van der Waals surface area contributed by atoms with Gasteiger partial charge in [-0.05, 0) is 31.2 Å². The highest BCUT2D eigenvalue weighted by Gasteiger charge is 2.21. The maximum atomic E-state index is 12.7. The van der Waals surface area contributed by atoms with Gasteiger partial charge in [-0.2, -0.15) is 4.98 Å². The Balaban J connectivity index is 1.77. The lowest BCUT2D eigenvalue weighted by molar-refractivity contribution is 0.0769. The molecule has 9 heteroatoms. The second-order valence-corrected chi connectivity index (χ2v) is 9.01. The summed E-state index contributed by atoms with van der Waals surface area (Å²) < 4.78 is 31.0. The Morgan fingerprint density at radius 2 is 1.79 bits per heavy atom. The van der Waals surface area contributed by atoms with Crippen LogP contribution in [-0.4, -0.2) is 54.8 Å². The SMILES string of the molecule is Cc1cccc(-c2noc(CN(C)C(=O)c3cccc(S(=O)(=O)N(C)C)c3)n2)c1. The summed E-state index contributed by atoms with van der Waals surface area (Å²) in [6.07, 6.45) is 0. The molecule has 0 saturated heterocycles. The molecular weight excluding hydrogens is 392 g/mol. The predicted octanol–water partition coefficient (Wildman–Crippen LogP) is 2.57. The smallest absolute Gasteiger partial charge is 0.254 e. The quantitative estimate of drug-likeness (QED) is 0.615. The number of hydrogen-bond acceptors (Lipinski definition) is 6. The minimum atomic E-state index is -3.63. The molecule has 0 saturated carbocycles. The van der Waals surface area contributed by atoms with Crippen LogP contribution in [-0.2, 0) is 16.6 Å². The molecule has 0 aliphatic carbocycles. The molecule has 1 heterocycles. The number of hydrogen-bond donors (Lipinski definition) is 0. The van der Waals surface area contributed by atoms with E-state index in [-0.39, 0.29) is 28.8 Å². The van der Waals surface area contributed by atoms with Crippen LogP contribution in [0.2, 0.25) is 0 Å². The standard InChI is InChI=1S/C20H22N4O4S/c1-14-7-5-8-15(11-14)19-21-18(28-22-19)13-24(4)20(25)16-9-6-10-17(12-16)29(26,27)23(2)3/h5-12H,13H2,1-4H3. The Labute approximate surface area is 169 Å². The molecule has 0 spiro atoms. The van der Waals surface area contributed by atoms with Crippen LogP contribution in [0.4, 0.5) is 0 Å². The average Bonchev–Trinajstić information content (AvgIpc) is 3.16. The summed E-state index contributed by atoms with van der Waals surface area (Å²) in [6.45, 7) is 2.07. The van der Waals surface area contributed by atoms with Gasteiger partial charge in [0.15, 0.2) is 0 Å². The first-order chi connectivity index (χ1) is 13.7. The van der Waals surface area contributed by atoms with Crippen molar-refractivity contribution in [2.45, 2.75) is 18.4 Å². The van der Waals surface area contributed by atoms with E-state index in [1.54, 1.807) is 19.2 Å². The van der Waals surface area contributed by atoms with Gasteiger partial charge in [0.1, 0.15) is 0 Å². The molecule has 152 valence electrons. The van der Waals surface area contributed by atoms with E-state index in [4.69, 9.17) is 4.52 Å². The van der Waals surface area contributed by atoms with Crippen molar-refractivity contribution >= 4 is 15.9 Å². The maximum Gasteiger partial charge on any atom is 0.254 e. The molecule has 0 bridgehead atoms. The first-order valence-corrected chi connectivity index (χ1v) is 10.3. The van der Waals surface area contributed by atoms with Crippen molar-refractivity contribution in [3.63, 3.8) is 0 Å². The third-order valence-corrected chi connectivity index (χ3v) is 6.13. The highest BCUT2D eigenvalue weighted by molar-refractivity contribution is 7.89. The topological polar surface area (TPSA) is 96.6 Å². The Morgan fingerprint density at radius 3 is 2.48 bits per heavy atom. The fraction of sp³-hybridized carbons (Fsp3) is 0.250. The lowest BCUT2D eigenvalue weighted by Gasteiger charge is -2.16. The molecule has 0 fully saturated rings. The van der Waals surface area contributed by atoms with Crippen LogP contribution in [0.15, 0.2) is 57.9 Å². The van der Waals surface area contributed by atoms with Gasteiger partial charge >= 0.3 is 0 Å². The van der Waals surface area contributed by atoms with E-state index < -0.39 is 10.0 Å². The normalized spacial score (nSPS) is 11.6. The van der Waals surface area contributed by atoms with Crippen molar-refractivity contribution in [3.05, 3.63) is 65.5 Å². The van der Waals surface area contributed by atoms with Crippen molar-refractivity contribution in [2.75, 3.05) is 21.1 Å². The highest BCUT2D eigenvalue weighted by atomic mass is 32.2. The highest BCUT2D eigenvalue weighted by Crippen LogP contribution is 2.19. The predicted molar refractivity (Wildman–Crippen MR) is 108 cm³/mol. The summed E-state index contributed by atoms with van der Waals surface area (Å²) in [7, 11) is 0.846. The molecule has 0 aliphatic rings. The minimum Gasteiger partial charge on any atom is -0.337 e. The van der Waals surface area contributed by atoms with Crippen LogP contribution in [0.1, 0.15) is 21.8 Å². The summed E-state index contributed by atoms with van der Waals surface area (Å²) in [4.78, 5) is 18.5. The number of rotatable bonds is 6. The maximum absolute atomic E-state index is 12.7. The van der Waals surface area contributed by atoms with Crippen molar-refractivity contribution in [2.24, 2.45) is 0 Å². The van der Waals surface area contributed by atoms with Gasteiger partial charge in [0.2, 0.25) is 21.7 Å². The number of sulfonamides is 1. The van der Waals surface area contributed by atoms with Crippen LogP contribution in [0.25, 0.3) is 11.4 Å². The Kier molecular flexibility index (Phi) is 5.81. The number of amides is 1. The van der Waals surface area contributed by atoms with Gasteiger partial charge in [0.05, 0.1) is 11.4 Å². The molecule has 0 atom stereocenters. The van der Waals surface area contributed by atoms with Crippen LogP contribution < -0.4 is 0 Å². The molecule has 0 aliphatic heterocycles. The van der Waals surface area contributed by atoms with E-state index in [0.29, 0.717) is 5.82 Å². The molecule has 29 heavy (non-hydrogen) atoms. The molecule has 3 rings (SSSR count). The average molecular weight is 414 g/mol. The number of carbonyl (C=O) groups is 1. The second kappa shape index (κ2) is 8.14. The molecule has 0 N–H and O–H groups in total. The number of benzene rings is 2. The number of nitrogens with zero attached hydrogens (tertiary/aromatic N) is 4. The minimum absolute atomic E-state index is 0.0567. The van der Waals surface area contributed by atoms with E-state index in [2.05, 4.69) is 10.1 Å². The van der Waals surface area contributed by atoms with E-state index >= 15 is 0 Å². The molecular formula is C20H22N4O4S. The summed E-state index contributed by atoms with van der Waals surface area (Å²) >= 11 is 0. The molecule has 3 aromatic rings. The lowest BCUT2D eigenvalue weighted by Crippen LogP contribution is -2.27. The number of aryl methyl sites for hydroxylation is 1. The van der Waals surface area contributed by atoms with Crippen LogP contribution >= 0.6 is 0 Å². The van der Waals surface area contributed by atoms with Gasteiger partial charge in [-0.3, -0.25) is 4.79 Å². The van der Waals surface area contributed by atoms with Gasteiger partial charge in [0, 0.05) is 32.3 Å².